The van der Waals surface area contributed by atoms with E-state index >= 15 is 0 Å². The smallest absolute Gasteiger partial charge is 0.253 e. The summed E-state index contributed by atoms with van der Waals surface area (Å²) in [4.78, 5) is 0. The van der Waals surface area contributed by atoms with E-state index in [1.54, 1.807) is 0 Å². The monoisotopic (exact) mass is 521 g/mol. The highest BCUT2D eigenvalue weighted by atomic mass is 32.1. The van der Waals surface area contributed by atoms with E-state index in [9.17, 15) is 0 Å². The van der Waals surface area contributed by atoms with Gasteiger partial charge in [0.25, 0.3) is 5.88 Å². The highest BCUT2D eigenvalue weighted by Gasteiger charge is 2.35. The molecule has 0 fully saturated rings. The van der Waals surface area contributed by atoms with Gasteiger partial charge in [-0.05, 0) is 12.8 Å². The molecule has 1 N–H and O–H groups in total. The van der Waals surface area contributed by atoms with Gasteiger partial charge in [0.1, 0.15) is 18.4 Å². The number of unbranched alkanes of at least 4 members (excludes halogenated alkanes) is 13. The number of hydrogen-bond donors (Lipinski definition) is 1. The van der Waals surface area contributed by atoms with Crippen LogP contribution in [-0.4, -0.2) is 52.7 Å². The summed E-state index contributed by atoms with van der Waals surface area (Å²) in [6.45, 7) is 10.9. The van der Waals surface area contributed by atoms with Crippen molar-refractivity contribution in [1.82, 2.24) is 14.1 Å². The molecule has 2 rings (SSSR count). The maximum absolute atomic E-state index is 6.05. The Hall–Kier alpha value is -0.980. The van der Waals surface area contributed by atoms with Crippen molar-refractivity contribution in [3.63, 3.8) is 0 Å². The van der Waals surface area contributed by atoms with Crippen LogP contribution in [0.4, 0.5) is 0 Å². The van der Waals surface area contributed by atoms with Crippen LogP contribution in [0.25, 0.3) is 5.57 Å². The van der Waals surface area contributed by atoms with E-state index in [1.807, 2.05) is 0 Å². The summed E-state index contributed by atoms with van der Waals surface area (Å²) < 4.78 is 16.2. The highest BCUT2D eigenvalue weighted by Crippen LogP contribution is 2.31. The topological polar surface area (TPSA) is 47.0 Å². The van der Waals surface area contributed by atoms with Gasteiger partial charge in [0, 0.05) is 25.0 Å². The normalized spacial score (nSPS) is 18.8. The Morgan fingerprint density at radius 3 is 2.11 bits per heavy atom. The second kappa shape index (κ2) is 19.1. The molecule has 2 atom stereocenters. The lowest BCUT2D eigenvalue weighted by atomic mass is 10.0. The molecule has 208 valence electrons. The summed E-state index contributed by atoms with van der Waals surface area (Å²) >= 11 is 1.28. The second-order valence-corrected chi connectivity index (χ2v) is 11.6. The molecule has 0 saturated carbocycles. The zero-order valence-corrected chi connectivity index (χ0v) is 25.0. The molecule has 1 aliphatic heterocycles. The predicted molar refractivity (Wildman–Crippen MR) is 157 cm³/mol. The third kappa shape index (κ3) is 11.6. The van der Waals surface area contributed by atoms with Crippen molar-refractivity contribution in [2.75, 3.05) is 33.3 Å². The minimum atomic E-state index is 0.488. The lowest BCUT2D eigenvalue weighted by molar-refractivity contribution is -0.930. The van der Waals surface area contributed by atoms with E-state index in [4.69, 9.17) is 4.74 Å². The summed E-state index contributed by atoms with van der Waals surface area (Å²) in [5.41, 5.74) is 2.30. The van der Waals surface area contributed by atoms with Crippen molar-refractivity contribution >= 4 is 17.3 Å². The minimum absolute atomic E-state index is 0.488. The fraction of sp³-hybridized carbons (Fsp3) is 0.867. The number of likely N-dealkylation sites (N-methyl/N-ethyl adjacent to an activating group) is 1. The Kier molecular flexibility index (Phi) is 16.6. The molecule has 0 aliphatic carbocycles. The van der Waals surface area contributed by atoms with E-state index in [2.05, 4.69) is 48.0 Å². The fourth-order valence-electron chi connectivity index (χ4n) is 5.54. The van der Waals surface area contributed by atoms with E-state index < -0.39 is 0 Å². The summed E-state index contributed by atoms with van der Waals surface area (Å²) in [7, 11) is 2.42. The van der Waals surface area contributed by atoms with Gasteiger partial charge < -0.3 is 9.22 Å². The first-order valence-electron chi connectivity index (χ1n) is 15.4. The molecule has 0 radical (unpaired) electrons. The van der Waals surface area contributed by atoms with Gasteiger partial charge in [-0.1, -0.05) is 110 Å². The standard InChI is InChI=1S/C30H57N4OS/c1-5-8-10-12-13-14-15-16-17-18-19-23-31-28(7-3)34(4)24-21-22-27(26-34)29-30(33-36-32-29)35-25-20-11-9-6-2/h22,28,31H,5-21,23-26H2,1-4H3/q+1. The quantitative estimate of drug-likeness (QED) is 0.123. The Morgan fingerprint density at radius 2 is 1.47 bits per heavy atom. The van der Waals surface area contributed by atoms with Gasteiger partial charge >= 0.3 is 0 Å². The number of nitrogens with zero attached hydrogens (tertiary/aromatic N) is 3. The van der Waals surface area contributed by atoms with Gasteiger partial charge in [0.2, 0.25) is 0 Å². The van der Waals surface area contributed by atoms with Crippen LogP contribution in [-0.2, 0) is 0 Å². The zero-order chi connectivity index (χ0) is 25.9. The van der Waals surface area contributed by atoms with Crippen LogP contribution in [0.1, 0.15) is 136 Å². The maximum atomic E-state index is 6.05. The van der Waals surface area contributed by atoms with Crippen molar-refractivity contribution in [3.05, 3.63) is 11.8 Å². The molecule has 0 amide bonds. The summed E-state index contributed by atoms with van der Waals surface area (Å²) in [5.74, 6) is 0.748. The predicted octanol–water partition coefficient (Wildman–Crippen LogP) is 8.37. The van der Waals surface area contributed by atoms with Crippen LogP contribution < -0.4 is 10.1 Å². The van der Waals surface area contributed by atoms with Gasteiger partial charge in [-0.25, -0.2) is 0 Å². The van der Waals surface area contributed by atoms with Crippen molar-refractivity contribution < 1.29 is 9.22 Å². The number of aromatic nitrogens is 2. The van der Waals surface area contributed by atoms with Crippen molar-refractivity contribution in [2.45, 2.75) is 136 Å². The molecular weight excluding hydrogens is 464 g/mol. The first-order valence-corrected chi connectivity index (χ1v) is 16.1. The average molecular weight is 522 g/mol. The molecule has 2 unspecified atom stereocenters. The molecule has 0 spiro atoms. The number of nitrogens with one attached hydrogen (secondary N) is 1. The van der Waals surface area contributed by atoms with E-state index in [-0.39, 0.29) is 0 Å². The lowest BCUT2D eigenvalue weighted by Gasteiger charge is -2.44. The number of hydrogen-bond acceptors (Lipinski definition) is 5. The Bertz CT molecular complexity index is 707. The van der Waals surface area contributed by atoms with Gasteiger partial charge in [-0.15, -0.1) is 4.37 Å². The molecule has 0 saturated heterocycles. The number of quaternary nitrogens is 1. The number of rotatable bonds is 22. The van der Waals surface area contributed by atoms with E-state index in [1.165, 1.54) is 114 Å². The van der Waals surface area contributed by atoms with Crippen LogP contribution in [0.3, 0.4) is 0 Å². The maximum Gasteiger partial charge on any atom is 0.253 e. The molecule has 0 bridgehead atoms. The summed E-state index contributed by atoms with van der Waals surface area (Å²) in [5, 5.41) is 3.93. The molecule has 1 aliphatic rings. The van der Waals surface area contributed by atoms with Crippen molar-refractivity contribution in [2.24, 2.45) is 0 Å². The average Bonchev–Trinajstić information content (AvgIpc) is 3.35. The molecule has 1 aromatic heterocycles. The minimum Gasteiger partial charge on any atom is -0.475 e. The first kappa shape index (κ1) is 31.2. The molecule has 5 nitrogen and oxygen atoms in total. The molecule has 36 heavy (non-hydrogen) atoms. The van der Waals surface area contributed by atoms with Crippen molar-refractivity contribution in [1.29, 1.82) is 0 Å². The largest absolute Gasteiger partial charge is 0.475 e. The lowest BCUT2D eigenvalue weighted by Crippen LogP contribution is -2.60. The Labute approximate surface area is 227 Å². The molecule has 2 heterocycles. The van der Waals surface area contributed by atoms with Crippen LogP contribution in [0.2, 0.25) is 0 Å². The summed E-state index contributed by atoms with van der Waals surface area (Å²) in [6, 6.07) is 0. The zero-order valence-electron chi connectivity index (χ0n) is 24.2. The summed E-state index contributed by atoms with van der Waals surface area (Å²) in [6.07, 6.45) is 25.4. The van der Waals surface area contributed by atoms with E-state index in [0.29, 0.717) is 6.17 Å². The Morgan fingerprint density at radius 1 is 0.861 bits per heavy atom. The van der Waals surface area contributed by atoms with Crippen LogP contribution >= 0.6 is 11.7 Å². The highest BCUT2D eigenvalue weighted by molar-refractivity contribution is 6.99. The molecular formula is C30H57N4OS+. The molecule has 1 aromatic rings. The Balaban J connectivity index is 1.69. The van der Waals surface area contributed by atoms with Gasteiger partial charge in [-0.2, -0.15) is 4.37 Å². The molecule has 6 heteroatoms. The fourth-order valence-corrected chi connectivity index (χ4v) is 6.07. The molecule has 0 aromatic carbocycles. The SMILES string of the molecule is CCCCCCCCCCCCCNC(CC)[N+]1(C)CCC=C(c2nsnc2OCCCCCC)C1. The third-order valence-electron chi connectivity index (χ3n) is 7.86. The first-order chi connectivity index (χ1) is 17.6. The van der Waals surface area contributed by atoms with Crippen LogP contribution in [0.15, 0.2) is 6.08 Å². The van der Waals surface area contributed by atoms with Gasteiger partial charge in [0.05, 0.1) is 31.9 Å². The van der Waals surface area contributed by atoms with Crippen LogP contribution in [0, 0.1) is 0 Å². The number of ether oxygens (including phenoxy) is 1. The van der Waals surface area contributed by atoms with Crippen LogP contribution in [0.5, 0.6) is 5.88 Å². The van der Waals surface area contributed by atoms with Gasteiger partial charge in [-0.3, -0.25) is 5.32 Å². The van der Waals surface area contributed by atoms with E-state index in [0.717, 1.165) is 55.0 Å². The second-order valence-electron chi connectivity index (χ2n) is 11.1. The van der Waals surface area contributed by atoms with Crippen molar-refractivity contribution in [3.8, 4) is 5.88 Å². The van der Waals surface area contributed by atoms with Gasteiger partial charge in [0.15, 0.2) is 0 Å². The third-order valence-corrected chi connectivity index (χ3v) is 8.37.